The molecule has 1 aromatic rings. The first-order valence-electron chi connectivity index (χ1n) is 15.2. The van der Waals surface area contributed by atoms with Crippen molar-refractivity contribution in [3.63, 3.8) is 0 Å². The van der Waals surface area contributed by atoms with Crippen LogP contribution >= 0.6 is 0 Å². The molecular formula is C30H49N9O6. The molecule has 0 radical (unpaired) electrons. The van der Waals surface area contributed by atoms with Gasteiger partial charge in [0.1, 0.15) is 24.2 Å². The molecular weight excluding hydrogens is 582 g/mol. The van der Waals surface area contributed by atoms with Crippen LogP contribution < -0.4 is 38.9 Å². The van der Waals surface area contributed by atoms with Crippen molar-refractivity contribution in [2.75, 3.05) is 13.1 Å². The molecule has 1 heterocycles. The van der Waals surface area contributed by atoms with Crippen LogP contribution in [0.5, 0.6) is 0 Å². The first kappa shape index (κ1) is 36.9. The Morgan fingerprint density at radius 3 is 2.22 bits per heavy atom. The van der Waals surface area contributed by atoms with E-state index in [-0.39, 0.29) is 37.8 Å². The number of amides is 5. The number of nitrogens with two attached hydrogens (primary N) is 4. The van der Waals surface area contributed by atoms with Gasteiger partial charge in [-0.3, -0.25) is 29.0 Å². The zero-order chi connectivity index (χ0) is 33.7. The lowest BCUT2D eigenvalue weighted by Crippen LogP contribution is -2.60. The maximum atomic E-state index is 13.6. The highest BCUT2D eigenvalue weighted by Gasteiger charge is 2.40. The molecule has 1 aromatic carbocycles. The fourth-order valence-electron chi connectivity index (χ4n) is 5.12. The molecule has 1 fully saturated rings. The number of aliphatic hydroxyl groups is 1. The maximum absolute atomic E-state index is 13.6. The monoisotopic (exact) mass is 631 g/mol. The Kier molecular flexibility index (Phi) is 14.7. The molecule has 15 heteroatoms. The third kappa shape index (κ3) is 12.0. The summed E-state index contributed by atoms with van der Waals surface area (Å²) in [7, 11) is 0. The lowest BCUT2D eigenvalue weighted by molar-refractivity contribution is -0.144. The summed E-state index contributed by atoms with van der Waals surface area (Å²) in [6.07, 6.45) is 0.491. The van der Waals surface area contributed by atoms with Crippen molar-refractivity contribution in [2.45, 2.75) is 95.6 Å². The minimum absolute atomic E-state index is 0.0611. The smallest absolute Gasteiger partial charge is 0.248 e. The number of carbonyl (C=O) groups is 5. The molecule has 1 saturated heterocycles. The quantitative estimate of drug-likeness (QED) is 0.0534. The average Bonchev–Trinajstić information content (AvgIpc) is 3.46. The van der Waals surface area contributed by atoms with Crippen molar-refractivity contribution in [1.82, 2.24) is 20.9 Å². The topological polar surface area (TPSA) is 261 Å². The van der Waals surface area contributed by atoms with Crippen LogP contribution in [-0.4, -0.2) is 94.9 Å². The van der Waals surface area contributed by atoms with E-state index >= 15 is 0 Å². The van der Waals surface area contributed by atoms with Crippen LogP contribution in [-0.2, 0) is 30.4 Å². The summed E-state index contributed by atoms with van der Waals surface area (Å²) in [6, 6.07) is 3.81. The van der Waals surface area contributed by atoms with Gasteiger partial charge in [0.05, 0.1) is 12.1 Å². The van der Waals surface area contributed by atoms with Gasteiger partial charge >= 0.3 is 0 Å². The van der Waals surface area contributed by atoms with Crippen LogP contribution in [0.15, 0.2) is 35.3 Å². The molecule has 1 aliphatic rings. The fourth-order valence-corrected chi connectivity index (χ4v) is 5.12. The van der Waals surface area contributed by atoms with E-state index in [1.165, 1.54) is 11.8 Å². The number of aliphatic hydroxyl groups excluding tert-OH is 1. The van der Waals surface area contributed by atoms with E-state index < -0.39 is 65.8 Å². The standard InChI is InChI=1S/C30H49N9O6/c1-17(2)15-22(25(32)41)37-27(43)21(11-7-13-35-30(33)34)36-28(44)23-12-8-14-39(23)29(45)24(18(3)40)38-26(42)20(31)16-19-9-5-4-6-10-19/h4-6,9-10,17-18,20-24,40H,7-8,11-16,31H2,1-3H3,(H2,32,41)(H,36,44)(H,37,43)(H,38,42)(H4,33,34,35). The molecule has 45 heavy (non-hydrogen) atoms. The summed E-state index contributed by atoms with van der Waals surface area (Å²) in [6.45, 7) is 5.51. The van der Waals surface area contributed by atoms with E-state index in [0.717, 1.165) is 5.56 Å². The number of guanidine groups is 1. The SMILES string of the molecule is CC(C)CC(NC(=O)C(CCCN=C(N)N)NC(=O)C1CCCN1C(=O)C(NC(=O)C(N)Cc1ccccc1)C(C)O)C(N)=O. The fraction of sp³-hybridized carbons (Fsp3) is 0.600. The molecule has 0 bridgehead atoms. The second-order valence-electron chi connectivity index (χ2n) is 11.8. The number of hydrogen-bond donors (Lipinski definition) is 8. The van der Waals surface area contributed by atoms with E-state index in [1.807, 2.05) is 44.2 Å². The van der Waals surface area contributed by atoms with Crippen molar-refractivity contribution in [3.8, 4) is 0 Å². The highest BCUT2D eigenvalue weighted by atomic mass is 16.3. The average molecular weight is 632 g/mol. The van der Waals surface area contributed by atoms with Crippen molar-refractivity contribution >= 4 is 35.5 Å². The molecule has 0 aliphatic carbocycles. The van der Waals surface area contributed by atoms with Gasteiger partial charge in [-0.15, -0.1) is 0 Å². The van der Waals surface area contributed by atoms with Crippen molar-refractivity contribution in [2.24, 2.45) is 33.8 Å². The number of carbonyl (C=O) groups excluding carboxylic acids is 5. The Morgan fingerprint density at radius 2 is 1.64 bits per heavy atom. The second-order valence-corrected chi connectivity index (χ2v) is 11.8. The van der Waals surface area contributed by atoms with Crippen molar-refractivity contribution in [1.29, 1.82) is 0 Å². The molecule has 2 rings (SSSR count). The molecule has 6 atom stereocenters. The Hall–Kier alpha value is -4.24. The first-order valence-corrected chi connectivity index (χ1v) is 15.2. The van der Waals surface area contributed by atoms with Crippen LogP contribution in [0.1, 0.15) is 58.4 Å². The Balaban J connectivity index is 2.16. The molecule has 250 valence electrons. The molecule has 12 N–H and O–H groups in total. The normalized spacial score (nSPS) is 17.8. The van der Waals surface area contributed by atoms with Crippen molar-refractivity contribution in [3.05, 3.63) is 35.9 Å². The summed E-state index contributed by atoms with van der Waals surface area (Å²) in [4.78, 5) is 70.4. The molecule has 1 aliphatic heterocycles. The molecule has 0 saturated carbocycles. The summed E-state index contributed by atoms with van der Waals surface area (Å²) >= 11 is 0. The van der Waals surface area contributed by atoms with E-state index in [4.69, 9.17) is 22.9 Å². The van der Waals surface area contributed by atoms with E-state index in [1.54, 1.807) is 0 Å². The number of benzene rings is 1. The lowest BCUT2D eigenvalue weighted by atomic mass is 10.0. The van der Waals surface area contributed by atoms with Crippen LogP contribution in [0.2, 0.25) is 0 Å². The van der Waals surface area contributed by atoms with Gasteiger partial charge in [0.2, 0.25) is 29.5 Å². The summed E-state index contributed by atoms with van der Waals surface area (Å²) < 4.78 is 0. The van der Waals surface area contributed by atoms with Crippen LogP contribution in [0, 0.1) is 5.92 Å². The summed E-state index contributed by atoms with van der Waals surface area (Å²) in [5.41, 5.74) is 23.2. The Labute approximate surface area is 263 Å². The molecule has 0 aromatic heterocycles. The number of hydrogen-bond acceptors (Lipinski definition) is 8. The Bertz CT molecular complexity index is 1190. The van der Waals surface area contributed by atoms with Gasteiger partial charge in [-0.2, -0.15) is 0 Å². The summed E-state index contributed by atoms with van der Waals surface area (Å²) in [5, 5.41) is 18.3. The predicted octanol–water partition coefficient (Wildman–Crippen LogP) is -2.03. The van der Waals surface area contributed by atoms with Gasteiger partial charge in [-0.05, 0) is 56.9 Å². The van der Waals surface area contributed by atoms with Gasteiger partial charge < -0.3 is 48.9 Å². The zero-order valence-corrected chi connectivity index (χ0v) is 26.3. The maximum Gasteiger partial charge on any atom is 0.248 e. The van der Waals surface area contributed by atoms with Crippen LogP contribution in [0.3, 0.4) is 0 Å². The van der Waals surface area contributed by atoms with E-state index in [9.17, 15) is 29.1 Å². The third-order valence-electron chi connectivity index (χ3n) is 7.47. The third-order valence-corrected chi connectivity index (χ3v) is 7.47. The second kappa shape index (κ2) is 17.9. The molecule has 0 spiro atoms. The highest BCUT2D eigenvalue weighted by molar-refractivity contribution is 5.96. The van der Waals surface area contributed by atoms with E-state index in [0.29, 0.717) is 25.7 Å². The molecule has 5 amide bonds. The van der Waals surface area contributed by atoms with Gasteiger partial charge in [-0.1, -0.05) is 44.2 Å². The Morgan fingerprint density at radius 1 is 0.978 bits per heavy atom. The van der Waals surface area contributed by atoms with Gasteiger partial charge in [0.25, 0.3) is 0 Å². The number of nitrogens with zero attached hydrogens (tertiary/aromatic N) is 2. The van der Waals surface area contributed by atoms with Gasteiger partial charge in [0, 0.05) is 13.1 Å². The number of rotatable bonds is 17. The van der Waals surface area contributed by atoms with Crippen molar-refractivity contribution < 1.29 is 29.1 Å². The number of nitrogens with one attached hydrogen (secondary N) is 3. The van der Waals surface area contributed by atoms with Crippen LogP contribution in [0.4, 0.5) is 0 Å². The largest absolute Gasteiger partial charge is 0.391 e. The summed E-state index contributed by atoms with van der Waals surface area (Å²) in [5.74, 6) is -3.25. The number of likely N-dealkylation sites (tertiary alicyclic amines) is 1. The minimum atomic E-state index is -1.35. The molecule has 6 unspecified atom stereocenters. The number of primary amides is 1. The first-order chi connectivity index (χ1) is 21.2. The lowest BCUT2D eigenvalue weighted by Gasteiger charge is -2.31. The predicted molar refractivity (Wildman–Crippen MR) is 169 cm³/mol. The minimum Gasteiger partial charge on any atom is -0.391 e. The number of aliphatic imine (C=N–C) groups is 1. The van der Waals surface area contributed by atoms with Gasteiger partial charge in [0.15, 0.2) is 5.96 Å². The van der Waals surface area contributed by atoms with Gasteiger partial charge in [-0.25, -0.2) is 0 Å². The zero-order valence-electron chi connectivity index (χ0n) is 26.3. The highest BCUT2D eigenvalue weighted by Crippen LogP contribution is 2.20. The molecule has 15 nitrogen and oxygen atoms in total. The van der Waals surface area contributed by atoms with E-state index in [2.05, 4.69) is 20.9 Å². The van der Waals surface area contributed by atoms with Crippen LogP contribution in [0.25, 0.3) is 0 Å².